The molecule has 2 aromatic rings. The highest BCUT2D eigenvalue weighted by Gasteiger charge is 2.21. The predicted octanol–water partition coefficient (Wildman–Crippen LogP) is 4.28. The van der Waals surface area contributed by atoms with Gasteiger partial charge in [0.15, 0.2) is 5.13 Å². The second-order valence-electron chi connectivity index (χ2n) is 6.79. The topological polar surface area (TPSA) is 54.5 Å². The zero-order valence-electron chi connectivity index (χ0n) is 15.9. The highest BCUT2D eigenvalue weighted by Crippen LogP contribution is 2.29. The summed E-state index contributed by atoms with van der Waals surface area (Å²) in [4.78, 5) is 20.2. The molecule has 1 N–H and O–H groups in total. The molecule has 1 fully saturated rings. The van der Waals surface area contributed by atoms with Crippen LogP contribution in [0.15, 0.2) is 30.3 Å². The Balaban J connectivity index is 1.76. The first kappa shape index (κ1) is 20.2. The van der Waals surface area contributed by atoms with Gasteiger partial charge < -0.3 is 9.64 Å². The maximum absolute atomic E-state index is 12.2. The summed E-state index contributed by atoms with van der Waals surface area (Å²) in [7, 11) is 0. The maximum Gasteiger partial charge on any atom is 0.280 e. The first-order valence-corrected chi connectivity index (χ1v) is 11.4. The van der Waals surface area contributed by atoms with Crippen LogP contribution in [0.2, 0.25) is 0 Å². The molecule has 3 rings (SSSR count). The number of thiazole rings is 1. The molecule has 1 aromatic carbocycles. The molecule has 0 bridgehead atoms. The van der Waals surface area contributed by atoms with Gasteiger partial charge in [-0.2, -0.15) is 0 Å². The number of aryl methyl sites for hydroxylation is 1. The summed E-state index contributed by atoms with van der Waals surface area (Å²) in [6.45, 7) is 5.46. The molecule has 0 radical (unpaired) electrons. The first-order chi connectivity index (χ1) is 13.2. The van der Waals surface area contributed by atoms with E-state index in [-0.39, 0.29) is 5.91 Å². The summed E-state index contributed by atoms with van der Waals surface area (Å²) in [6.07, 6.45) is 5.24. The lowest BCUT2D eigenvalue weighted by Gasteiger charge is -2.27. The number of hydrogen-bond acceptors (Lipinski definition) is 6. The molecule has 0 spiro atoms. The van der Waals surface area contributed by atoms with Crippen molar-refractivity contribution in [2.75, 3.05) is 30.9 Å². The Bertz CT molecular complexity index is 730. The van der Waals surface area contributed by atoms with Gasteiger partial charge in [0.25, 0.3) is 5.91 Å². The molecule has 2 heterocycles. The summed E-state index contributed by atoms with van der Waals surface area (Å²) >= 11 is 2.90. The Morgan fingerprint density at radius 2 is 2.07 bits per heavy atom. The Morgan fingerprint density at radius 3 is 2.78 bits per heavy atom. The average molecular weight is 406 g/mol. The number of ether oxygens (including phenoxy) is 1. The van der Waals surface area contributed by atoms with E-state index in [1.807, 2.05) is 19.2 Å². The number of aromatic nitrogens is 1. The van der Waals surface area contributed by atoms with Crippen LogP contribution in [0.25, 0.3) is 0 Å². The fourth-order valence-corrected chi connectivity index (χ4v) is 4.50. The third kappa shape index (κ3) is 5.70. The zero-order chi connectivity index (χ0) is 19.1. The van der Waals surface area contributed by atoms with E-state index in [2.05, 4.69) is 38.9 Å². The third-order valence-corrected chi connectivity index (χ3v) is 6.25. The van der Waals surface area contributed by atoms with Gasteiger partial charge in [-0.15, -0.1) is 11.3 Å². The highest BCUT2D eigenvalue weighted by molar-refractivity contribution is 7.97. The quantitative estimate of drug-likeness (QED) is 0.664. The van der Waals surface area contributed by atoms with E-state index in [4.69, 9.17) is 4.74 Å². The summed E-state index contributed by atoms with van der Waals surface area (Å²) < 4.78 is 8.26. The van der Waals surface area contributed by atoms with Gasteiger partial charge in [-0.05, 0) is 37.7 Å². The molecule has 1 aliphatic rings. The van der Waals surface area contributed by atoms with Gasteiger partial charge >= 0.3 is 0 Å². The number of nitrogens with zero attached hydrogens (tertiary/aromatic N) is 2. The standard InChI is InChI=1S/C20H27N3O2S2/c1-15-18(19(24)22-26-2)21-20(27-15)23(14-17-6-4-3-5-7-17)11-8-16-9-12-25-13-10-16/h3-7,16H,8-14H2,1-2H3,(H,22,24). The number of hydrogen-bond donors (Lipinski definition) is 1. The Kier molecular flexibility index (Phi) is 7.55. The van der Waals surface area contributed by atoms with E-state index in [9.17, 15) is 4.79 Å². The molecule has 0 unspecified atom stereocenters. The fraction of sp³-hybridized carbons (Fsp3) is 0.500. The van der Waals surface area contributed by atoms with Crippen molar-refractivity contribution in [3.05, 3.63) is 46.5 Å². The number of anilines is 1. The monoisotopic (exact) mass is 405 g/mol. The van der Waals surface area contributed by atoms with E-state index in [1.165, 1.54) is 17.5 Å². The van der Waals surface area contributed by atoms with Gasteiger partial charge in [0.2, 0.25) is 0 Å². The minimum Gasteiger partial charge on any atom is -0.381 e. The zero-order valence-corrected chi connectivity index (χ0v) is 17.6. The van der Waals surface area contributed by atoms with Gasteiger partial charge in [0.1, 0.15) is 5.69 Å². The van der Waals surface area contributed by atoms with Crippen LogP contribution in [0.5, 0.6) is 0 Å². The number of nitrogens with one attached hydrogen (secondary N) is 1. The highest BCUT2D eigenvalue weighted by atomic mass is 32.2. The molecule has 1 saturated heterocycles. The molecule has 0 aliphatic carbocycles. The SMILES string of the molecule is CSNC(=O)c1nc(N(CCC2CCOCC2)Cc2ccccc2)sc1C. The van der Waals surface area contributed by atoms with Gasteiger partial charge in [0, 0.05) is 37.4 Å². The van der Waals surface area contributed by atoms with Crippen molar-refractivity contribution >= 4 is 34.3 Å². The smallest absolute Gasteiger partial charge is 0.280 e. The number of benzene rings is 1. The van der Waals surface area contributed by atoms with Crippen molar-refractivity contribution in [3.8, 4) is 0 Å². The largest absolute Gasteiger partial charge is 0.381 e. The second-order valence-corrected chi connectivity index (χ2v) is 8.58. The predicted molar refractivity (Wildman–Crippen MR) is 113 cm³/mol. The van der Waals surface area contributed by atoms with Crippen molar-refractivity contribution in [1.82, 2.24) is 9.71 Å². The summed E-state index contributed by atoms with van der Waals surface area (Å²) in [5.41, 5.74) is 1.79. The van der Waals surface area contributed by atoms with Crippen LogP contribution in [0, 0.1) is 12.8 Å². The molecular weight excluding hydrogens is 378 g/mol. The van der Waals surface area contributed by atoms with E-state index >= 15 is 0 Å². The van der Waals surface area contributed by atoms with Crippen LogP contribution < -0.4 is 9.62 Å². The van der Waals surface area contributed by atoms with E-state index in [0.29, 0.717) is 11.6 Å². The van der Waals surface area contributed by atoms with Gasteiger partial charge in [-0.3, -0.25) is 9.52 Å². The van der Waals surface area contributed by atoms with Crippen molar-refractivity contribution in [1.29, 1.82) is 0 Å². The Labute approximate surface area is 169 Å². The molecule has 0 atom stereocenters. The van der Waals surface area contributed by atoms with Gasteiger partial charge in [-0.25, -0.2) is 4.98 Å². The Morgan fingerprint density at radius 1 is 1.33 bits per heavy atom. The fourth-order valence-electron chi connectivity index (χ4n) is 3.29. The van der Waals surface area contributed by atoms with Gasteiger partial charge in [-0.1, -0.05) is 42.3 Å². The molecule has 0 saturated carbocycles. The average Bonchev–Trinajstić information content (AvgIpc) is 3.08. The molecule has 146 valence electrons. The van der Waals surface area contributed by atoms with Crippen LogP contribution in [0.4, 0.5) is 5.13 Å². The molecular formula is C20H27N3O2S2. The lowest BCUT2D eigenvalue weighted by atomic mass is 9.96. The lowest BCUT2D eigenvalue weighted by Crippen LogP contribution is -2.27. The molecule has 5 nitrogen and oxygen atoms in total. The summed E-state index contributed by atoms with van der Waals surface area (Å²) in [5, 5.41) is 0.926. The lowest BCUT2D eigenvalue weighted by molar-refractivity contribution is 0.0644. The van der Waals surface area contributed by atoms with Crippen molar-refractivity contribution in [3.63, 3.8) is 0 Å². The van der Waals surface area contributed by atoms with Crippen LogP contribution in [-0.4, -0.2) is 36.9 Å². The van der Waals surface area contributed by atoms with Crippen molar-refractivity contribution in [2.24, 2.45) is 5.92 Å². The molecule has 7 heteroatoms. The number of carbonyl (C=O) groups is 1. The number of carbonyl (C=O) groups excluding carboxylic acids is 1. The third-order valence-electron chi connectivity index (χ3n) is 4.83. The van der Waals surface area contributed by atoms with E-state index in [1.54, 1.807) is 11.3 Å². The summed E-state index contributed by atoms with van der Waals surface area (Å²) in [5.74, 6) is 0.587. The van der Waals surface area contributed by atoms with Crippen LogP contribution in [0.1, 0.15) is 40.2 Å². The number of rotatable bonds is 8. The van der Waals surface area contributed by atoms with Crippen LogP contribution >= 0.6 is 23.3 Å². The van der Waals surface area contributed by atoms with E-state index in [0.717, 1.165) is 55.6 Å². The minimum atomic E-state index is -0.119. The summed E-state index contributed by atoms with van der Waals surface area (Å²) in [6, 6.07) is 10.5. The van der Waals surface area contributed by atoms with Crippen LogP contribution in [-0.2, 0) is 11.3 Å². The molecule has 27 heavy (non-hydrogen) atoms. The first-order valence-electron chi connectivity index (χ1n) is 9.34. The maximum atomic E-state index is 12.2. The van der Waals surface area contributed by atoms with Crippen LogP contribution in [0.3, 0.4) is 0 Å². The second kappa shape index (κ2) is 10.1. The van der Waals surface area contributed by atoms with Crippen molar-refractivity contribution < 1.29 is 9.53 Å². The van der Waals surface area contributed by atoms with E-state index < -0.39 is 0 Å². The Hall–Kier alpha value is -1.57. The van der Waals surface area contributed by atoms with Gasteiger partial charge in [0.05, 0.1) is 0 Å². The molecule has 1 aliphatic heterocycles. The minimum absolute atomic E-state index is 0.119. The molecule has 1 aromatic heterocycles. The molecule has 1 amide bonds. The normalized spacial score (nSPS) is 14.9. The number of amides is 1. The van der Waals surface area contributed by atoms with Crippen molar-refractivity contribution in [2.45, 2.75) is 32.7 Å².